The van der Waals surface area contributed by atoms with Crippen LogP contribution in [0.1, 0.15) is 18.1 Å². The number of rotatable bonds is 8. The molecule has 0 aliphatic rings. The quantitative estimate of drug-likeness (QED) is 0.194. The molecule has 0 atom stereocenters. The van der Waals surface area contributed by atoms with E-state index in [4.69, 9.17) is 4.74 Å². The Labute approximate surface area is 183 Å². The van der Waals surface area contributed by atoms with Crippen LogP contribution in [0.15, 0.2) is 53.9 Å². The summed E-state index contributed by atoms with van der Waals surface area (Å²) >= 11 is 0. The van der Waals surface area contributed by atoms with Crippen LogP contribution in [-0.4, -0.2) is 42.2 Å². The van der Waals surface area contributed by atoms with Crippen molar-refractivity contribution in [2.45, 2.75) is 20.3 Å². The third-order valence-corrected chi connectivity index (χ3v) is 4.22. The van der Waals surface area contributed by atoms with Gasteiger partial charge in [-0.1, -0.05) is 12.1 Å². The van der Waals surface area contributed by atoms with E-state index in [1.165, 1.54) is 22.0 Å². The Morgan fingerprint density at radius 3 is 2.93 bits per heavy atom. The molecule has 0 radical (unpaired) electrons. The maximum absolute atomic E-state index is 5.64. The Hall–Kier alpha value is -2.29. The van der Waals surface area contributed by atoms with Gasteiger partial charge >= 0.3 is 0 Å². The number of fused-ring (bicyclic) bond motifs is 1. The molecule has 0 aliphatic heterocycles. The summed E-state index contributed by atoms with van der Waals surface area (Å²) in [4.78, 5) is 12.1. The van der Waals surface area contributed by atoms with E-state index in [1.54, 1.807) is 12.4 Å². The monoisotopic (exact) mass is 493 g/mol. The molecular weight excluding hydrogens is 465 g/mol. The highest BCUT2D eigenvalue weighted by atomic mass is 127. The Balaban J connectivity index is 0.00000280. The van der Waals surface area contributed by atoms with Crippen LogP contribution in [0.4, 0.5) is 0 Å². The molecule has 28 heavy (non-hydrogen) atoms. The van der Waals surface area contributed by atoms with Gasteiger partial charge in [-0.3, -0.25) is 9.98 Å². The van der Waals surface area contributed by atoms with Crippen molar-refractivity contribution in [1.82, 2.24) is 20.6 Å². The second-order valence-corrected chi connectivity index (χ2v) is 6.34. The molecule has 7 heteroatoms. The minimum Gasteiger partial charge on any atom is -0.490 e. The molecular formula is C21H28IN5O. The third kappa shape index (κ3) is 6.40. The summed E-state index contributed by atoms with van der Waals surface area (Å²) in [6, 6.07) is 10.3. The zero-order chi connectivity index (χ0) is 18.9. The van der Waals surface area contributed by atoms with Gasteiger partial charge in [0.05, 0.1) is 12.7 Å². The summed E-state index contributed by atoms with van der Waals surface area (Å²) in [5.41, 5.74) is 3.75. The molecule has 3 rings (SSSR count). The fourth-order valence-corrected chi connectivity index (χ4v) is 2.91. The Morgan fingerprint density at radius 2 is 2.14 bits per heavy atom. The predicted molar refractivity (Wildman–Crippen MR) is 126 cm³/mol. The van der Waals surface area contributed by atoms with E-state index in [0.29, 0.717) is 13.2 Å². The average Bonchev–Trinajstić information content (AvgIpc) is 3.08. The number of ether oxygens (including phenoxy) is 1. The van der Waals surface area contributed by atoms with Crippen LogP contribution in [0.2, 0.25) is 0 Å². The second kappa shape index (κ2) is 11.5. The van der Waals surface area contributed by atoms with Gasteiger partial charge in [-0.25, -0.2) is 0 Å². The summed E-state index contributed by atoms with van der Waals surface area (Å²) in [5, 5.41) is 7.85. The Morgan fingerprint density at radius 1 is 1.25 bits per heavy atom. The third-order valence-electron chi connectivity index (χ3n) is 4.22. The normalized spacial score (nSPS) is 11.1. The molecule has 0 fully saturated rings. The van der Waals surface area contributed by atoms with Crippen LogP contribution < -0.4 is 15.4 Å². The largest absolute Gasteiger partial charge is 0.490 e. The highest BCUT2D eigenvalue weighted by Gasteiger charge is 2.04. The van der Waals surface area contributed by atoms with Crippen LogP contribution in [0, 0.1) is 6.92 Å². The van der Waals surface area contributed by atoms with Crippen LogP contribution in [0.3, 0.4) is 0 Å². The Bertz CT molecular complexity index is 879. The number of nitrogens with one attached hydrogen (secondary N) is 3. The SMILES string of the molecule is CCNC(=NCCc1c[nH]c2cc(C)ccc12)NCCOc1cccnc1.I. The first-order valence-corrected chi connectivity index (χ1v) is 9.38. The molecule has 6 nitrogen and oxygen atoms in total. The highest BCUT2D eigenvalue weighted by Crippen LogP contribution is 2.19. The number of aromatic amines is 1. The van der Waals surface area contributed by atoms with Crippen molar-refractivity contribution in [3.8, 4) is 5.75 Å². The number of aliphatic imine (C=N–C) groups is 1. The fraction of sp³-hybridized carbons (Fsp3) is 0.333. The van der Waals surface area contributed by atoms with Crippen molar-refractivity contribution in [3.05, 3.63) is 60.0 Å². The van der Waals surface area contributed by atoms with Crippen molar-refractivity contribution in [1.29, 1.82) is 0 Å². The topological polar surface area (TPSA) is 74.3 Å². The fourth-order valence-electron chi connectivity index (χ4n) is 2.91. The molecule has 0 spiro atoms. The van der Waals surface area contributed by atoms with Crippen LogP contribution in [0.25, 0.3) is 10.9 Å². The zero-order valence-electron chi connectivity index (χ0n) is 16.4. The summed E-state index contributed by atoms with van der Waals surface area (Å²) in [6.45, 7) is 6.94. The molecule has 150 valence electrons. The van der Waals surface area contributed by atoms with Crippen LogP contribution in [0.5, 0.6) is 5.75 Å². The molecule has 3 aromatic rings. The molecule has 0 amide bonds. The number of nitrogens with zero attached hydrogens (tertiary/aromatic N) is 2. The first-order chi connectivity index (χ1) is 13.3. The summed E-state index contributed by atoms with van der Waals surface area (Å²) in [5.74, 6) is 1.58. The molecule has 1 aromatic carbocycles. The molecule has 0 aliphatic carbocycles. The number of aromatic nitrogens is 2. The molecule has 3 N–H and O–H groups in total. The lowest BCUT2D eigenvalue weighted by molar-refractivity contribution is 0.320. The van der Waals surface area contributed by atoms with Crippen LogP contribution in [-0.2, 0) is 6.42 Å². The second-order valence-electron chi connectivity index (χ2n) is 6.34. The number of hydrogen-bond acceptors (Lipinski definition) is 3. The standard InChI is InChI=1S/C21H27N5O.HI/c1-3-23-21(25-11-12-27-18-5-4-9-22-15-18)24-10-8-17-14-26-20-13-16(2)6-7-19(17)20;/h4-7,9,13-15,26H,3,8,10-12H2,1-2H3,(H2,23,24,25);1H. The molecule has 0 bridgehead atoms. The molecule has 0 unspecified atom stereocenters. The maximum Gasteiger partial charge on any atom is 0.191 e. The van der Waals surface area contributed by atoms with Gasteiger partial charge in [0.1, 0.15) is 12.4 Å². The van der Waals surface area contributed by atoms with E-state index < -0.39 is 0 Å². The van der Waals surface area contributed by atoms with Crippen molar-refractivity contribution >= 4 is 40.8 Å². The van der Waals surface area contributed by atoms with E-state index >= 15 is 0 Å². The summed E-state index contributed by atoms with van der Waals surface area (Å²) in [6.07, 6.45) is 6.42. The molecule has 2 aromatic heterocycles. The maximum atomic E-state index is 5.64. The number of pyridine rings is 1. The number of halogens is 1. The van der Waals surface area contributed by atoms with Gasteiger partial charge in [-0.2, -0.15) is 0 Å². The van der Waals surface area contributed by atoms with E-state index in [9.17, 15) is 0 Å². The van der Waals surface area contributed by atoms with Gasteiger partial charge in [0.15, 0.2) is 5.96 Å². The summed E-state index contributed by atoms with van der Waals surface area (Å²) < 4.78 is 5.64. The Kier molecular flexibility index (Phi) is 9.06. The van der Waals surface area contributed by atoms with E-state index in [-0.39, 0.29) is 24.0 Å². The molecule has 2 heterocycles. The first-order valence-electron chi connectivity index (χ1n) is 9.38. The minimum absolute atomic E-state index is 0. The number of aryl methyl sites for hydroxylation is 1. The lowest BCUT2D eigenvalue weighted by Gasteiger charge is -2.12. The van der Waals surface area contributed by atoms with Gasteiger partial charge in [0, 0.05) is 36.4 Å². The number of hydrogen-bond donors (Lipinski definition) is 3. The van der Waals surface area contributed by atoms with Gasteiger partial charge in [-0.05, 0) is 49.6 Å². The smallest absolute Gasteiger partial charge is 0.191 e. The molecule has 0 saturated heterocycles. The average molecular weight is 493 g/mol. The summed E-state index contributed by atoms with van der Waals surface area (Å²) in [7, 11) is 0. The minimum atomic E-state index is 0. The first kappa shape index (κ1) is 22.0. The van der Waals surface area contributed by atoms with E-state index in [1.807, 2.05) is 12.1 Å². The van der Waals surface area contributed by atoms with Crippen molar-refractivity contribution in [2.24, 2.45) is 4.99 Å². The van der Waals surface area contributed by atoms with Gasteiger partial charge in [-0.15, -0.1) is 24.0 Å². The molecule has 0 saturated carbocycles. The highest BCUT2D eigenvalue weighted by molar-refractivity contribution is 14.0. The predicted octanol–water partition coefficient (Wildman–Crippen LogP) is 3.67. The lowest BCUT2D eigenvalue weighted by Crippen LogP contribution is -2.39. The van der Waals surface area contributed by atoms with Crippen molar-refractivity contribution in [3.63, 3.8) is 0 Å². The number of benzene rings is 1. The number of H-pyrrole nitrogens is 1. The lowest BCUT2D eigenvalue weighted by atomic mass is 10.1. The number of guanidine groups is 1. The zero-order valence-corrected chi connectivity index (χ0v) is 18.7. The van der Waals surface area contributed by atoms with Gasteiger partial charge < -0.3 is 20.4 Å². The van der Waals surface area contributed by atoms with Crippen LogP contribution >= 0.6 is 24.0 Å². The van der Waals surface area contributed by atoms with E-state index in [2.05, 4.69) is 63.8 Å². The van der Waals surface area contributed by atoms with Crippen molar-refractivity contribution in [2.75, 3.05) is 26.2 Å². The van der Waals surface area contributed by atoms with Crippen molar-refractivity contribution < 1.29 is 4.74 Å². The van der Waals surface area contributed by atoms with Gasteiger partial charge in [0.2, 0.25) is 0 Å². The van der Waals surface area contributed by atoms with Gasteiger partial charge in [0.25, 0.3) is 0 Å². The van der Waals surface area contributed by atoms with E-state index in [0.717, 1.165) is 31.2 Å².